The molecule has 0 atom stereocenters. The van der Waals surface area contributed by atoms with E-state index in [2.05, 4.69) is 30.6 Å². The second-order valence-electron chi connectivity index (χ2n) is 4.58. The Bertz CT molecular complexity index is 185. The summed E-state index contributed by atoms with van der Waals surface area (Å²) < 4.78 is -0.253. The third kappa shape index (κ3) is 7.26. The molecule has 0 aliphatic rings. The van der Waals surface area contributed by atoms with Crippen molar-refractivity contribution < 1.29 is 4.79 Å². The monoisotopic (exact) mass is 221 g/mol. The zero-order chi connectivity index (χ0) is 10.7. The number of amides is 1. The SMILES string of the molecule is CC(C)(S)CC(=O)NC(C)(C)CS. The van der Waals surface area contributed by atoms with Gasteiger partial charge in [0.1, 0.15) is 0 Å². The first kappa shape index (κ1) is 13.2. The van der Waals surface area contributed by atoms with Crippen LogP contribution in [0, 0.1) is 0 Å². The number of hydrogen-bond acceptors (Lipinski definition) is 3. The molecule has 0 aliphatic heterocycles. The first-order valence-corrected chi connectivity index (χ1v) is 5.38. The topological polar surface area (TPSA) is 29.1 Å². The zero-order valence-electron chi connectivity index (χ0n) is 8.72. The normalized spacial score (nSPS) is 12.8. The minimum absolute atomic E-state index is 0.0269. The van der Waals surface area contributed by atoms with E-state index in [1.807, 2.05) is 27.7 Å². The lowest BCUT2D eigenvalue weighted by molar-refractivity contribution is -0.122. The van der Waals surface area contributed by atoms with Crippen molar-refractivity contribution in [3.63, 3.8) is 0 Å². The quantitative estimate of drug-likeness (QED) is 0.622. The molecule has 13 heavy (non-hydrogen) atoms. The van der Waals surface area contributed by atoms with Gasteiger partial charge in [0.25, 0.3) is 0 Å². The van der Waals surface area contributed by atoms with E-state index in [9.17, 15) is 4.79 Å². The van der Waals surface area contributed by atoms with E-state index in [0.717, 1.165) is 0 Å². The summed E-state index contributed by atoms with van der Waals surface area (Å²) in [7, 11) is 0. The fraction of sp³-hybridized carbons (Fsp3) is 0.889. The molecule has 0 saturated heterocycles. The van der Waals surface area contributed by atoms with Crippen LogP contribution in [0.25, 0.3) is 0 Å². The predicted molar refractivity (Wildman–Crippen MR) is 63.8 cm³/mol. The molecule has 1 N–H and O–H groups in total. The Hall–Kier alpha value is 0.170. The molecular formula is C9H19NOS2. The summed E-state index contributed by atoms with van der Waals surface area (Å²) in [5, 5.41) is 2.90. The minimum atomic E-state index is -0.253. The lowest BCUT2D eigenvalue weighted by Crippen LogP contribution is -2.46. The van der Waals surface area contributed by atoms with Gasteiger partial charge in [0, 0.05) is 22.5 Å². The van der Waals surface area contributed by atoms with Crippen molar-refractivity contribution in [2.75, 3.05) is 5.75 Å². The number of rotatable bonds is 4. The Balaban J connectivity index is 4.03. The molecule has 0 rings (SSSR count). The highest BCUT2D eigenvalue weighted by Gasteiger charge is 2.22. The Morgan fingerprint density at radius 1 is 1.31 bits per heavy atom. The molecule has 0 fully saturated rings. The molecule has 2 nitrogen and oxygen atoms in total. The summed E-state index contributed by atoms with van der Waals surface area (Å²) >= 11 is 8.45. The van der Waals surface area contributed by atoms with E-state index in [4.69, 9.17) is 0 Å². The lowest BCUT2D eigenvalue weighted by atomic mass is 10.1. The van der Waals surface area contributed by atoms with Crippen molar-refractivity contribution in [2.45, 2.75) is 44.4 Å². The van der Waals surface area contributed by atoms with Crippen molar-refractivity contribution in [1.82, 2.24) is 5.32 Å². The van der Waals surface area contributed by atoms with Crippen molar-refractivity contribution in [2.24, 2.45) is 0 Å². The molecule has 4 heteroatoms. The molecule has 0 aliphatic carbocycles. The highest BCUT2D eigenvalue weighted by atomic mass is 32.1. The Labute approximate surface area is 91.7 Å². The van der Waals surface area contributed by atoms with Gasteiger partial charge >= 0.3 is 0 Å². The highest BCUT2D eigenvalue weighted by molar-refractivity contribution is 7.81. The summed E-state index contributed by atoms with van der Waals surface area (Å²) in [6.45, 7) is 7.74. The van der Waals surface area contributed by atoms with Crippen LogP contribution >= 0.6 is 25.3 Å². The van der Waals surface area contributed by atoms with E-state index < -0.39 is 0 Å². The van der Waals surface area contributed by atoms with Crippen LogP contribution in [0.5, 0.6) is 0 Å². The fourth-order valence-corrected chi connectivity index (χ4v) is 1.08. The molecule has 0 aromatic rings. The molecule has 0 radical (unpaired) electrons. The van der Waals surface area contributed by atoms with Gasteiger partial charge in [-0.3, -0.25) is 4.79 Å². The summed E-state index contributed by atoms with van der Waals surface area (Å²) in [6.07, 6.45) is 0.424. The van der Waals surface area contributed by atoms with Crippen LogP contribution in [0.2, 0.25) is 0 Å². The van der Waals surface area contributed by atoms with E-state index in [1.165, 1.54) is 0 Å². The van der Waals surface area contributed by atoms with Crippen molar-refractivity contribution in [3.05, 3.63) is 0 Å². The maximum absolute atomic E-state index is 11.4. The summed E-state index contributed by atoms with van der Waals surface area (Å²) in [5.74, 6) is 0.658. The van der Waals surface area contributed by atoms with Crippen LogP contribution in [0.1, 0.15) is 34.1 Å². The van der Waals surface area contributed by atoms with Crippen LogP contribution in [-0.4, -0.2) is 21.9 Å². The molecule has 1 amide bonds. The first-order valence-electron chi connectivity index (χ1n) is 4.30. The number of hydrogen-bond donors (Lipinski definition) is 3. The molecule has 0 unspecified atom stereocenters. The maximum atomic E-state index is 11.4. The summed E-state index contributed by atoms with van der Waals surface area (Å²) in [4.78, 5) is 11.4. The summed E-state index contributed by atoms with van der Waals surface area (Å²) in [5.41, 5.74) is -0.237. The van der Waals surface area contributed by atoms with Crippen LogP contribution in [0.4, 0.5) is 0 Å². The molecule has 0 heterocycles. The average Bonchev–Trinajstić information content (AvgIpc) is 1.81. The van der Waals surface area contributed by atoms with Crippen LogP contribution in [0.3, 0.4) is 0 Å². The van der Waals surface area contributed by atoms with E-state index in [0.29, 0.717) is 12.2 Å². The molecule has 0 saturated carbocycles. The first-order chi connectivity index (χ1) is 5.66. The molecular weight excluding hydrogens is 202 g/mol. The number of carbonyl (C=O) groups is 1. The lowest BCUT2D eigenvalue weighted by Gasteiger charge is -2.26. The van der Waals surface area contributed by atoms with Gasteiger partial charge < -0.3 is 5.32 Å². The van der Waals surface area contributed by atoms with Crippen LogP contribution in [-0.2, 0) is 4.79 Å². The van der Waals surface area contributed by atoms with Gasteiger partial charge in [0.15, 0.2) is 0 Å². The Morgan fingerprint density at radius 2 is 1.77 bits per heavy atom. The number of thiol groups is 2. The molecule has 78 valence electrons. The molecule has 0 spiro atoms. The maximum Gasteiger partial charge on any atom is 0.221 e. The van der Waals surface area contributed by atoms with Gasteiger partial charge in [0.05, 0.1) is 0 Å². The molecule has 0 aromatic carbocycles. The minimum Gasteiger partial charge on any atom is -0.350 e. The Kier molecular flexibility index (Phi) is 4.66. The predicted octanol–water partition coefficient (Wildman–Crippen LogP) is 1.91. The van der Waals surface area contributed by atoms with Gasteiger partial charge in [-0.15, -0.1) is 0 Å². The van der Waals surface area contributed by atoms with Gasteiger partial charge in [-0.2, -0.15) is 25.3 Å². The molecule has 0 aromatic heterocycles. The molecule has 0 bridgehead atoms. The standard InChI is InChI=1S/C9H19NOS2/c1-8(2,6-12)10-7(11)5-9(3,4)13/h12-13H,5-6H2,1-4H3,(H,10,11). The third-order valence-electron chi connectivity index (χ3n) is 1.47. The van der Waals surface area contributed by atoms with Crippen molar-refractivity contribution in [3.8, 4) is 0 Å². The van der Waals surface area contributed by atoms with Crippen molar-refractivity contribution >= 4 is 31.2 Å². The number of carbonyl (C=O) groups excluding carboxylic acids is 1. The van der Waals surface area contributed by atoms with E-state index in [1.54, 1.807) is 0 Å². The summed E-state index contributed by atoms with van der Waals surface area (Å²) in [6, 6.07) is 0. The second-order valence-corrected chi connectivity index (χ2v) is 6.11. The van der Waals surface area contributed by atoms with E-state index in [-0.39, 0.29) is 16.2 Å². The van der Waals surface area contributed by atoms with E-state index >= 15 is 0 Å². The Morgan fingerprint density at radius 3 is 2.08 bits per heavy atom. The van der Waals surface area contributed by atoms with Crippen molar-refractivity contribution in [1.29, 1.82) is 0 Å². The average molecular weight is 221 g/mol. The number of nitrogens with one attached hydrogen (secondary N) is 1. The van der Waals surface area contributed by atoms with Gasteiger partial charge in [-0.1, -0.05) is 13.8 Å². The van der Waals surface area contributed by atoms with Gasteiger partial charge in [-0.25, -0.2) is 0 Å². The zero-order valence-corrected chi connectivity index (χ0v) is 10.5. The second kappa shape index (κ2) is 4.60. The smallest absolute Gasteiger partial charge is 0.221 e. The fourth-order valence-electron chi connectivity index (χ4n) is 0.854. The van der Waals surface area contributed by atoms with Gasteiger partial charge in [0.2, 0.25) is 5.91 Å². The van der Waals surface area contributed by atoms with Gasteiger partial charge in [-0.05, 0) is 13.8 Å². The largest absolute Gasteiger partial charge is 0.350 e. The van der Waals surface area contributed by atoms with Crippen LogP contribution < -0.4 is 5.32 Å². The third-order valence-corrected chi connectivity index (χ3v) is 2.41. The van der Waals surface area contributed by atoms with Crippen LogP contribution in [0.15, 0.2) is 0 Å². The highest BCUT2D eigenvalue weighted by Crippen LogP contribution is 2.17.